The molecule has 1 aliphatic rings. The van der Waals surface area contributed by atoms with E-state index in [1.807, 2.05) is 26.0 Å². The second-order valence-corrected chi connectivity index (χ2v) is 7.48. The van der Waals surface area contributed by atoms with E-state index < -0.39 is 12.0 Å². The second-order valence-electron chi connectivity index (χ2n) is 7.04. The summed E-state index contributed by atoms with van der Waals surface area (Å²) in [4.78, 5) is 26.9. The fraction of sp³-hybridized carbons (Fsp3) is 0.391. The first-order chi connectivity index (χ1) is 15.0. The predicted octanol–water partition coefficient (Wildman–Crippen LogP) is 4.83. The molecule has 0 saturated heterocycles. The van der Waals surface area contributed by atoms with Crippen molar-refractivity contribution in [1.29, 1.82) is 0 Å². The van der Waals surface area contributed by atoms with Crippen molar-refractivity contribution in [2.45, 2.75) is 32.7 Å². The quantitative estimate of drug-likeness (QED) is 0.616. The van der Waals surface area contributed by atoms with Crippen molar-refractivity contribution in [3.05, 3.63) is 52.5 Å². The van der Waals surface area contributed by atoms with Crippen LogP contribution in [-0.2, 0) is 16.0 Å². The number of anilines is 1. The van der Waals surface area contributed by atoms with Crippen LogP contribution in [0.1, 0.15) is 37.4 Å². The first kappa shape index (κ1) is 22.7. The SMILES string of the molecule is CCOc1cc2c(cc1OCC)[C@H](CC(=O)OC)N(C(=O)Nc1cccc(Cl)c1)CC2. The van der Waals surface area contributed by atoms with Crippen LogP contribution in [0.5, 0.6) is 11.5 Å². The minimum atomic E-state index is -0.495. The van der Waals surface area contributed by atoms with E-state index in [0.29, 0.717) is 48.4 Å². The summed E-state index contributed by atoms with van der Waals surface area (Å²) < 4.78 is 16.4. The third-order valence-corrected chi connectivity index (χ3v) is 5.32. The van der Waals surface area contributed by atoms with Crippen LogP contribution in [0.3, 0.4) is 0 Å². The molecular formula is C23H27ClN2O5. The maximum absolute atomic E-state index is 13.1. The van der Waals surface area contributed by atoms with Crippen molar-refractivity contribution in [3.63, 3.8) is 0 Å². The third kappa shape index (κ3) is 5.41. The van der Waals surface area contributed by atoms with Gasteiger partial charge in [0.2, 0.25) is 0 Å². The van der Waals surface area contributed by atoms with Gasteiger partial charge in [0.1, 0.15) is 0 Å². The van der Waals surface area contributed by atoms with Crippen LogP contribution in [0.4, 0.5) is 10.5 Å². The van der Waals surface area contributed by atoms with E-state index in [1.54, 1.807) is 29.2 Å². The maximum atomic E-state index is 13.1. The maximum Gasteiger partial charge on any atom is 0.322 e. The normalized spacial score (nSPS) is 15.1. The van der Waals surface area contributed by atoms with Crippen molar-refractivity contribution in [1.82, 2.24) is 4.90 Å². The van der Waals surface area contributed by atoms with Gasteiger partial charge in [-0.1, -0.05) is 17.7 Å². The number of fused-ring (bicyclic) bond motifs is 1. The molecule has 1 heterocycles. The van der Waals surface area contributed by atoms with Gasteiger partial charge in [-0.05, 0) is 61.7 Å². The highest BCUT2D eigenvalue weighted by Gasteiger charge is 2.34. The van der Waals surface area contributed by atoms with E-state index >= 15 is 0 Å². The Labute approximate surface area is 187 Å². The Balaban J connectivity index is 1.96. The first-order valence-electron chi connectivity index (χ1n) is 10.3. The zero-order chi connectivity index (χ0) is 22.4. The Morgan fingerprint density at radius 2 is 1.84 bits per heavy atom. The molecule has 0 aliphatic carbocycles. The van der Waals surface area contributed by atoms with Crippen LogP contribution in [0.2, 0.25) is 5.02 Å². The minimum Gasteiger partial charge on any atom is -0.490 e. The summed E-state index contributed by atoms with van der Waals surface area (Å²) in [6.07, 6.45) is 0.661. The fourth-order valence-electron chi connectivity index (χ4n) is 3.71. The molecule has 0 unspecified atom stereocenters. The van der Waals surface area contributed by atoms with E-state index in [1.165, 1.54) is 7.11 Å². The number of hydrogen-bond acceptors (Lipinski definition) is 5. The minimum absolute atomic E-state index is 0.0337. The standard InChI is InChI=1S/C23H27ClN2O5/c1-4-30-20-11-15-9-10-26(23(28)25-17-8-6-7-16(24)12-17)19(14-22(27)29-3)18(15)13-21(20)31-5-2/h6-8,11-13,19H,4-5,9-10,14H2,1-3H3,(H,25,28)/t19-/m0/s1. The number of rotatable bonds is 7. The van der Waals surface area contributed by atoms with E-state index in [2.05, 4.69) is 5.32 Å². The lowest BCUT2D eigenvalue weighted by Gasteiger charge is -2.37. The Morgan fingerprint density at radius 3 is 2.48 bits per heavy atom. The summed E-state index contributed by atoms with van der Waals surface area (Å²) in [7, 11) is 1.34. The molecule has 2 aromatic carbocycles. The first-order valence-corrected chi connectivity index (χ1v) is 10.7. The number of carbonyl (C=O) groups excluding carboxylic acids is 2. The molecule has 7 nitrogen and oxygen atoms in total. The fourth-order valence-corrected chi connectivity index (χ4v) is 3.90. The predicted molar refractivity (Wildman–Crippen MR) is 119 cm³/mol. The summed E-state index contributed by atoms with van der Waals surface area (Å²) in [5.41, 5.74) is 2.46. The Hall–Kier alpha value is -2.93. The zero-order valence-corrected chi connectivity index (χ0v) is 18.7. The number of hydrogen-bond donors (Lipinski definition) is 1. The van der Waals surface area contributed by atoms with Gasteiger partial charge in [-0.3, -0.25) is 4.79 Å². The molecule has 8 heteroatoms. The molecule has 0 saturated carbocycles. The summed E-state index contributed by atoms with van der Waals surface area (Å²) in [5, 5.41) is 3.40. The number of nitrogens with zero attached hydrogens (tertiary/aromatic N) is 1. The molecule has 0 fully saturated rings. The van der Waals surface area contributed by atoms with E-state index in [9.17, 15) is 9.59 Å². The Kier molecular flexibility index (Phi) is 7.63. The lowest BCUT2D eigenvalue weighted by molar-refractivity contribution is -0.141. The van der Waals surface area contributed by atoms with Gasteiger partial charge in [0, 0.05) is 17.3 Å². The zero-order valence-electron chi connectivity index (χ0n) is 17.9. The number of nitrogens with one attached hydrogen (secondary N) is 1. The number of amides is 2. The molecule has 166 valence electrons. The monoisotopic (exact) mass is 446 g/mol. The highest BCUT2D eigenvalue weighted by atomic mass is 35.5. The van der Waals surface area contributed by atoms with Gasteiger partial charge in [0.05, 0.1) is 32.8 Å². The van der Waals surface area contributed by atoms with Gasteiger partial charge < -0.3 is 24.4 Å². The summed E-state index contributed by atoms with van der Waals surface area (Å²) in [6.45, 7) is 5.24. The van der Waals surface area contributed by atoms with Gasteiger partial charge in [0.15, 0.2) is 11.5 Å². The number of halogens is 1. The molecule has 2 amide bonds. The van der Waals surface area contributed by atoms with Crippen molar-refractivity contribution in [3.8, 4) is 11.5 Å². The average Bonchev–Trinajstić information content (AvgIpc) is 2.74. The Bertz CT molecular complexity index is 950. The van der Waals surface area contributed by atoms with Crippen LogP contribution in [0.25, 0.3) is 0 Å². The van der Waals surface area contributed by atoms with Gasteiger partial charge in [-0.15, -0.1) is 0 Å². The number of carbonyl (C=O) groups is 2. The van der Waals surface area contributed by atoms with Gasteiger partial charge in [-0.25, -0.2) is 4.79 Å². The number of esters is 1. The smallest absolute Gasteiger partial charge is 0.322 e. The lowest BCUT2D eigenvalue weighted by Crippen LogP contribution is -2.43. The molecular weight excluding hydrogens is 420 g/mol. The van der Waals surface area contributed by atoms with Crippen LogP contribution in [0.15, 0.2) is 36.4 Å². The summed E-state index contributed by atoms with van der Waals surface area (Å²) >= 11 is 6.03. The second kappa shape index (κ2) is 10.4. The van der Waals surface area contributed by atoms with E-state index in [4.69, 9.17) is 25.8 Å². The summed E-state index contributed by atoms with van der Waals surface area (Å²) in [5.74, 6) is 0.858. The van der Waals surface area contributed by atoms with Crippen molar-refractivity contribution < 1.29 is 23.8 Å². The van der Waals surface area contributed by atoms with Gasteiger partial charge >= 0.3 is 12.0 Å². The number of urea groups is 1. The van der Waals surface area contributed by atoms with E-state index in [0.717, 1.165) is 11.1 Å². The number of benzene rings is 2. The van der Waals surface area contributed by atoms with Crippen molar-refractivity contribution in [2.24, 2.45) is 0 Å². The lowest BCUT2D eigenvalue weighted by atomic mass is 9.90. The summed E-state index contributed by atoms with van der Waals surface area (Å²) in [6, 6.07) is 9.95. The molecule has 1 atom stereocenters. The molecule has 1 N–H and O–H groups in total. The van der Waals surface area contributed by atoms with Crippen LogP contribution in [-0.4, -0.2) is 43.8 Å². The molecule has 0 spiro atoms. The third-order valence-electron chi connectivity index (χ3n) is 5.09. The highest BCUT2D eigenvalue weighted by molar-refractivity contribution is 6.30. The molecule has 3 rings (SSSR count). The topological polar surface area (TPSA) is 77.1 Å². The number of ether oxygens (including phenoxy) is 3. The van der Waals surface area contributed by atoms with Gasteiger partial charge in [-0.2, -0.15) is 0 Å². The molecule has 0 bridgehead atoms. The largest absolute Gasteiger partial charge is 0.490 e. The molecule has 0 radical (unpaired) electrons. The van der Waals surface area contributed by atoms with Crippen LogP contribution in [0, 0.1) is 0 Å². The molecule has 2 aromatic rings. The van der Waals surface area contributed by atoms with E-state index in [-0.39, 0.29) is 12.5 Å². The Morgan fingerprint density at radius 1 is 1.13 bits per heavy atom. The van der Waals surface area contributed by atoms with Crippen LogP contribution < -0.4 is 14.8 Å². The molecule has 0 aromatic heterocycles. The molecule has 31 heavy (non-hydrogen) atoms. The van der Waals surface area contributed by atoms with Crippen molar-refractivity contribution >= 4 is 29.3 Å². The number of methoxy groups -OCH3 is 1. The van der Waals surface area contributed by atoms with Gasteiger partial charge in [0.25, 0.3) is 0 Å². The van der Waals surface area contributed by atoms with Crippen molar-refractivity contribution in [2.75, 3.05) is 32.2 Å². The average molecular weight is 447 g/mol. The highest BCUT2D eigenvalue weighted by Crippen LogP contribution is 2.40. The van der Waals surface area contributed by atoms with Crippen LogP contribution >= 0.6 is 11.6 Å². The molecule has 1 aliphatic heterocycles.